The van der Waals surface area contributed by atoms with E-state index in [2.05, 4.69) is 38.1 Å². The van der Waals surface area contributed by atoms with Gasteiger partial charge in [0, 0.05) is 12.1 Å². The number of aromatic nitrogens is 2. The summed E-state index contributed by atoms with van der Waals surface area (Å²) in [6.45, 7) is 2.26. The second kappa shape index (κ2) is 4.35. The SMILES string of the molecule is CC1CCCC1Nc1nc(N)cc(Br)n1. The molecule has 1 saturated carbocycles. The Hall–Kier alpha value is -0.840. The van der Waals surface area contributed by atoms with E-state index >= 15 is 0 Å². The summed E-state index contributed by atoms with van der Waals surface area (Å²) >= 11 is 3.31. The fourth-order valence-corrected chi connectivity index (χ4v) is 2.43. The smallest absolute Gasteiger partial charge is 0.225 e. The van der Waals surface area contributed by atoms with Gasteiger partial charge in [-0.2, -0.15) is 4.98 Å². The molecule has 0 saturated heterocycles. The predicted molar refractivity (Wildman–Crippen MR) is 64.6 cm³/mol. The van der Waals surface area contributed by atoms with Crippen molar-refractivity contribution in [2.75, 3.05) is 11.1 Å². The molecule has 0 spiro atoms. The van der Waals surface area contributed by atoms with Crippen molar-refractivity contribution in [1.82, 2.24) is 9.97 Å². The van der Waals surface area contributed by atoms with Gasteiger partial charge in [0.25, 0.3) is 0 Å². The highest BCUT2D eigenvalue weighted by atomic mass is 79.9. The molecule has 2 rings (SSSR count). The Morgan fingerprint density at radius 1 is 1.47 bits per heavy atom. The van der Waals surface area contributed by atoms with Gasteiger partial charge in [0.2, 0.25) is 5.95 Å². The Morgan fingerprint density at radius 3 is 2.87 bits per heavy atom. The maximum absolute atomic E-state index is 5.65. The highest BCUT2D eigenvalue weighted by Gasteiger charge is 2.23. The monoisotopic (exact) mass is 270 g/mol. The zero-order valence-corrected chi connectivity index (χ0v) is 10.3. The highest BCUT2D eigenvalue weighted by Crippen LogP contribution is 2.27. The Labute approximate surface area is 97.8 Å². The van der Waals surface area contributed by atoms with Crippen molar-refractivity contribution >= 4 is 27.7 Å². The maximum Gasteiger partial charge on any atom is 0.225 e. The molecule has 0 radical (unpaired) electrons. The van der Waals surface area contributed by atoms with Crippen LogP contribution in [0.3, 0.4) is 0 Å². The van der Waals surface area contributed by atoms with Crippen LogP contribution in [0.5, 0.6) is 0 Å². The van der Waals surface area contributed by atoms with E-state index in [4.69, 9.17) is 5.73 Å². The lowest BCUT2D eigenvalue weighted by Crippen LogP contribution is -2.23. The first kappa shape index (κ1) is 10.7. The topological polar surface area (TPSA) is 63.8 Å². The van der Waals surface area contributed by atoms with Gasteiger partial charge >= 0.3 is 0 Å². The van der Waals surface area contributed by atoms with Gasteiger partial charge in [0.05, 0.1) is 0 Å². The normalized spacial score (nSPS) is 25.5. The Balaban J connectivity index is 2.10. The molecule has 2 unspecified atom stereocenters. The van der Waals surface area contributed by atoms with E-state index in [-0.39, 0.29) is 0 Å². The first-order valence-electron chi connectivity index (χ1n) is 5.22. The molecule has 1 aliphatic carbocycles. The second-order valence-corrected chi connectivity index (χ2v) is 4.91. The molecule has 1 aromatic heterocycles. The Kier molecular flexibility index (Phi) is 3.09. The third-order valence-electron chi connectivity index (χ3n) is 2.89. The van der Waals surface area contributed by atoms with Crippen molar-refractivity contribution in [2.24, 2.45) is 5.92 Å². The third kappa shape index (κ3) is 2.59. The molecule has 3 N–H and O–H groups in total. The molecule has 15 heavy (non-hydrogen) atoms. The molecule has 82 valence electrons. The van der Waals surface area contributed by atoms with Gasteiger partial charge in [0.15, 0.2) is 0 Å². The minimum Gasteiger partial charge on any atom is -0.383 e. The summed E-state index contributed by atoms with van der Waals surface area (Å²) in [5, 5.41) is 3.34. The molecular formula is C10H15BrN4. The summed E-state index contributed by atoms with van der Waals surface area (Å²) in [6.07, 6.45) is 3.75. The average molecular weight is 271 g/mol. The van der Waals surface area contributed by atoms with Gasteiger partial charge in [-0.15, -0.1) is 0 Å². The van der Waals surface area contributed by atoms with E-state index in [0.717, 1.165) is 4.60 Å². The molecule has 0 bridgehead atoms. The largest absolute Gasteiger partial charge is 0.383 e. The lowest BCUT2D eigenvalue weighted by atomic mass is 10.1. The van der Waals surface area contributed by atoms with Crippen LogP contribution in [0.1, 0.15) is 26.2 Å². The van der Waals surface area contributed by atoms with Crippen LogP contribution < -0.4 is 11.1 Å². The number of nitrogen functional groups attached to an aromatic ring is 1. The third-order valence-corrected chi connectivity index (χ3v) is 3.30. The number of nitrogens with one attached hydrogen (secondary N) is 1. The molecule has 4 nitrogen and oxygen atoms in total. The lowest BCUT2D eigenvalue weighted by molar-refractivity contribution is 0.553. The molecule has 1 aromatic rings. The fourth-order valence-electron chi connectivity index (χ4n) is 2.03. The molecule has 0 aromatic carbocycles. The predicted octanol–water partition coefficient (Wildman–Crippen LogP) is 2.42. The molecule has 1 heterocycles. The molecule has 1 fully saturated rings. The number of halogens is 1. The minimum atomic E-state index is 0.485. The Morgan fingerprint density at radius 2 is 2.27 bits per heavy atom. The number of nitrogens with zero attached hydrogens (tertiary/aromatic N) is 2. The van der Waals surface area contributed by atoms with Crippen molar-refractivity contribution in [2.45, 2.75) is 32.2 Å². The van der Waals surface area contributed by atoms with Crippen LogP contribution in [0.25, 0.3) is 0 Å². The average Bonchev–Trinajstić information content (AvgIpc) is 2.50. The number of anilines is 2. The van der Waals surface area contributed by atoms with Crippen molar-refractivity contribution in [3.05, 3.63) is 10.7 Å². The van der Waals surface area contributed by atoms with E-state index < -0.39 is 0 Å². The summed E-state index contributed by atoms with van der Waals surface area (Å²) in [7, 11) is 0. The van der Waals surface area contributed by atoms with Crippen LogP contribution in [-0.4, -0.2) is 16.0 Å². The van der Waals surface area contributed by atoms with Gasteiger partial charge in [-0.3, -0.25) is 0 Å². The molecule has 0 amide bonds. The van der Waals surface area contributed by atoms with Crippen LogP contribution in [0, 0.1) is 5.92 Å². The number of hydrogen-bond donors (Lipinski definition) is 2. The molecule has 0 aliphatic heterocycles. The minimum absolute atomic E-state index is 0.485. The van der Waals surface area contributed by atoms with Crippen molar-refractivity contribution in [1.29, 1.82) is 0 Å². The van der Waals surface area contributed by atoms with Crippen LogP contribution in [-0.2, 0) is 0 Å². The zero-order chi connectivity index (χ0) is 10.8. The number of hydrogen-bond acceptors (Lipinski definition) is 4. The van der Waals surface area contributed by atoms with E-state index in [1.165, 1.54) is 19.3 Å². The molecule has 5 heteroatoms. The number of rotatable bonds is 2. The van der Waals surface area contributed by atoms with Gasteiger partial charge < -0.3 is 11.1 Å². The number of nitrogens with two attached hydrogens (primary N) is 1. The van der Waals surface area contributed by atoms with Crippen molar-refractivity contribution < 1.29 is 0 Å². The Bertz CT molecular complexity index is 335. The van der Waals surface area contributed by atoms with Gasteiger partial charge in [-0.25, -0.2) is 4.98 Å². The van der Waals surface area contributed by atoms with Crippen LogP contribution in [0.15, 0.2) is 10.7 Å². The van der Waals surface area contributed by atoms with Gasteiger partial charge in [0.1, 0.15) is 10.4 Å². The van der Waals surface area contributed by atoms with Crippen molar-refractivity contribution in [3.63, 3.8) is 0 Å². The quantitative estimate of drug-likeness (QED) is 0.811. The molecular weight excluding hydrogens is 256 g/mol. The molecule has 2 atom stereocenters. The van der Waals surface area contributed by atoms with Crippen molar-refractivity contribution in [3.8, 4) is 0 Å². The zero-order valence-electron chi connectivity index (χ0n) is 8.70. The first-order valence-corrected chi connectivity index (χ1v) is 6.01. The van der Waals surface area contributed by atoms with E-state index in [9.17, 15) is 0 Å². The van der Waals surface area contributed by atoms with Crippen LogP contribution >= 0.6 is 15.9 Å². The van der Waals surface area contributed by atoms with Crippen LogP contribution in [0.4, 0.5) is 11.8 Å². The summed E-state index contributed by atoms with van der Waals surface area (Å²) < 4.78 is 0.725. The standard InChI is InChI=1S/C10H15BrN4/c1-6-3-2-4-7(6)13-10-14-8(11)5-9(12)15-10/h5-7H,2-4H2,1H3,(H3,12,13,14,15). The summed E-state index contributed by atoms with van der Waals surface area (Å²) in [6, 6.07) is 2.18. The van der Waals surface area contributed by atoms with E-state index in [0.29, 0.717) is 23.7 Å². The lowest BCUT2D eigenvalue weighted by Gasteiger charge is -2.17. The second-order valence-electron chi connectivity index (χ2n) is 4.10. The van der Waals surface area contributed by atoms with E-state index in [1.54, 1.807) is 6.07 Å². The summed E-state index contributed by atoms with van der Waals surface area (Å²) in [4.78, 5) is 8.40. The maximum atomic E-state index is 5.65. The fraction of sp³-hybridized carbons (Fsp3) is 0.600. The van der Waals surface area contributed by atoms with Gasteiger partial charge in [-0.1, -0.05) is 13.3 Å². The highest BCUT2D eigenvalue weighted by molar-refractivity contribution is 9.10. The molecule has 1 aliphatic rings. The van der Waals surface area contributed by atoms with Crippen LogP contribution in [0.2, 0.25) is 0 Å². The van der Waals surface area contributed by atoms with Gasteiger partial charge in [-0.05, 0) is 34.7 Å². The summed E-state index contributed by atoms with van der Waals surface area (Å²) in [5.41, 5.74) is 5.65. The van der Waals surface area contributed by atoms with E-state index in [1.807, 2.05) is 0 Å². The first-order chi connectivity index (χ1) is 7.15. The summed E-state index contributed by atoms with van der Waals surface area (Å²) in [5.74, 6) is 1.81.